The average Bonchev–Trinajstić information content (AvgIpc) is 2.66. The Bertz CT molecular complexity index is 1150. The molecule has 0 saturated heterocycles. The van der Waals surface area contributed by atoms with Crippen LogP contribution in [0.25, 0.3) is 33.4 Å². The molecule has 2 aliphatic rings. The summed E-state index contributed by atoms with van der Waals surface area (Å²) in [6.45, 7) is 0. The van der Waals surface area contributed by atoms with Crippen molar-refractivity contribution in [3.8, 4) is 28.2 Å². The van der Waals surface area contributed by atoms with E-state index in [-0.39, 0.29) is 18.2 Å². The number of methoxy groups -OCH3 is 1. The Hall–Kier alpha value is -2.85. The van der Waals surface area contributed by atoms with Crippen molar-refractivity contribution < 1.29 is 26.0 Å². The van der Waals surface area contributed by atoms with E-state index < -0.39 is 0 Å². The third-order valence-electron chi connectivity index (χ3n) is 4.56. The molecule has 27 heavy (non-hydrogen) atoms. The predicted molar refractivity (Wildman–Crippen MR) is 102 cm³/mol. The van der Waals surface area contributed by atoms with Gasteiger partial charge >= 0.3 is 0 Å². The topological polar surface area (TPSA) is 25.4 Å². The molecule has 0 unspecified atom stereocenters. The van der Waals surface area contributed by atoms with Crippen molar-refractivity contribution in [2.45, 2.75) is 0 Å². The fraction of sp³-hybridized carbons (Fsp3) is 0.136. The number of ether oxygens (including phenoxy) is 1. The van der Waals surface area contributed by atoms with Crippen LogP contribution < -0.4 is 27.1 Å². The second-order valence-electron chi connectivity index (χ2n) is 6.39. The quantitative estimate of drug-likeness (QED) is 0.386. The Morgan fingerprint density at radius 2 is 1.70 bits per heavy atom. The summed E-state index contributed by atoms with van der Waals surface area (Å²) in [5, 5.41) is 1.93. The fourth-order valence-electron chi connectivity index (χ4n) is 3.26. The fourth-order valence-corrected chi connectivity index (χ4v) is 3.26. The first-order valence-corrected chi connectivity index (χ1v) is 8.38. The molecule has 1 heterocycles. The zero-order valence-electron chi connectivity index (χ0n) is 15.3. The van der Waals surface area contributed by atoms with Crippen LogP contribution in [0.15, 0.2) is 65.1 Å². The molecule has 0 bridgehead atoms. The summed E-state index contributed by atoms with van der Waals surface area (Å²) in [4.78, 5) is 0. The van der Waals surface area contributed by atoms with Crippen molar-refractivity contribution >= 4 is 11.0 Å². The summed E-state index contributed by atoms with van der Waals surface area (Å²) in [6.07, 6.45) is 0. The molecule has 1 aliphatic heterocycles. The van der Waals surface area contributed by atoms with Crippen LogP contribution in [-0.4, -0.2) is 21.2 Å². The van der Waals surface area contributed by atoms with E-state index in [4.69, 9.17) is 9.15 Å². The van der Waals surface area contributed by atoms with Crippen LogP contribution in [0.1, 0.15) is 0 Å². The SMILES string of the molecule is COc1cccc2oc3cc(=[N+](C)C)ccc-3c(-c3ccc(F)cc3)c12.[Cl-]. The van der Waals surface area contributed by atoms with Crippen LogP contribution in [0.5, 0.6) is 5.75 Å². The Balaban J connectivity index is 0.00000210. The first kappa shape index (κ1) is 18.9. The second kappa shape index (κ2) is 7.41. The Labute approximate surface area is 163 Å². The lowest BCUT2D eigenvalue weighted by Crippen LogP contribution is -3.00. The van der Waals surface area contributed by atoms with Crippen molar-refractivity contribution in [2.24, 2.45) is 0 Å². The Morgan fingerprint density at radius 1 is 0.963 bits per heavy atom. The van der Waals surface area contributed by atoms with Crippen LogP contribution in [0.4, 0.5) is 4.39 Å². The van der Waals surface area contributed by atoms with Crippen molar-refractivity contribution in [3.05, 3.63) is 71.8 Å². The van der Waals surface area contributed by atoms with Gasteiger partial charge in [0, 0.05) is 17.2 Å². The molecule has 2 aromatic carbocycles. The van der Waals surface area contributed by atoms with Gasteiger partial charge in [-0.25, -0.2) is 8.97 Å². The van der Waals surface area contributed by atoms with Gasteiger partial charge in [-0.2, -0.15) is 0 Å². The lowest BCUT2D eigenvalue weighted by Gasteiger charge is -2.17. The normalized spacial score (nSPS) is 10.7. The lowest BCUT2D eigenvalue weighted by atomic mass is 9.93. The van der Waals surface area contributed by atoms with E-state index in [1.165, 1.54) is 12.1 Å². The smallest absolute Gasteiger partial charge is 0.203 e. The minimum absolute atomic E-state index is 0. The third kappa shape index (κ3) is 3.28. The molecule has 0 amide bonds. The van der Waals surface area contributed by atoms with Gasteiger partial charge in [-0.15, -0.1) is 0 Å². The molecule has 4 rings (SSSR count). The second-order valence-corrected chi connectivity index (χ2v) is 6.39. The number of rotatable bonds is 2. The van der Waals surface area contributed by atoms with Crippen molar-refractivity contribution in [2.75, 3.05) is 21.2 Å². The van der Waals surface area contributed by atoms with Gasteiger partial charge in [0.15, 0.2) is 0 Å². The average molecular weight is 384 g/mol. The van der Waals surface area contributed by atoms with E-state index in [9.17, 15) is 4.39 Å². The molecule has 0 spiro atoms. The largest absolute Gasteiger partial charge is 1.00 e. The van der Waals surface area contributed by atoms with Gasteiger partial charge in [0.2, 0.25) is 5.36 Å². The molecule has 0 N–H and O–H groups in total. The van der Waals surface area contributed by atoms with Crippen LogP contribution in [0.2, 0.25) is 0 Å². The van der Waals surface area contributed by atoms with Gasteiger partial charge in [0.25, 0.3) is 0 Å². The summed E-state index contributed by atoms with van der Waals surface area (Å²) in [6, 6.07) is 18.4. The third-order valence-corrected chi connectivity index (χ3v) is 4.56. The minimum atomic E-state index is -0.259. The highest BCUT2D eigenvalue weighted by Crippen LogP contribution is 2.43. The summed E-state index contributed by atoms with van der Waals surface area (Å²) >= 11 is 0. The minimum Gasteiger partial charge on any atom is -1.00 e. The zero-order valence-corrected chi connectivity index (χ0v) is 16.0. The Morgan fingerprint density at radius 3 is 2.37 bits per heavy atom. The van der Waals surface area contributed by atoms with Crippen molar-refractivity contribution in [1.29, 1.82) is 0 Å². The molecule has 138 valence electrons. The van der Waals surface area contributed by atoms with Crippen LogP contribution in [-0.2, 0) is 0 Å². The molecule has 0 fully saturated rings. The molecular formula is C22H19ClFNO2. The van der Waals surface area contributed by atoms with Crippen LogP contribution in [0, 0.1) is 5.82 Å². The maximum atomic E-state index is 13.5. The first-order valence-electron chi connectivity index (χ1n) is 8.38. The van der Waals surface area contributed by atoms with Crippen molar-refractivity contribution in [3.63, 3.8) is 0 Å². The van der Waals surface area contributed by atoms with E-state index in [0.29, 0.717) is 0 Å². The number of benzene rings is 3. The number of fused-ring (bicyclic) bond motifs is 2. The first-order chi connectivity index (χ1) is 12.6. The lowest BCUT2D eigenvalue weighted by molar-refractivity contribution is -0.00000658. The van der Waals surface area contributed by atoms with Gasteiger partial charge in [0.05, 0.1) is 18.6 Å². The van der Waals surface area contributed by atoms with Gasteiger partial charge in [-0.3, -0.25) is 0 Å². The summed E-state index contributed by atoms with van der Waals surface area (Å²) in [5.74, 6) is 1.24. The summed E-state index contributed by atoms with van der Waals surface area (Å²) < 4.78 is 27.3. The van der Waals surface area contributed by atoms with E-state index >= 15 is 0 Å². The molecule has 0 aromatic heterocycles. The molecule has 3 nitrogen and oxygen atoms in total. The molecular weight excluding hydrogens is 365 g/mol. The standard InChI is InChI=1S/C22H19FNO2.ClH/c1-24(2)16-11-12-17-20(13-16)26-19-6-4-5-18(25-3)22(19)21(17)14-7-9-15(23)10-8-14;/h4-13H,1-3H3;1H/q+1;/p-1. The number of nitrogens with zero attached hydrogens (tertiary/aromatic N) is 1. The Kier molecular flexibility index (Phi) is 5.19. The summed E-state index contributed by atoms with van der Waals surface area (Å²) in [5.41, 5.74) is 3.58. The van der Waals surface area contributed by atoms with Crippen molar-refractivity contribution in [1.82, 2.24) is 4.58 Å². The molecule has 1 aliphatic carbocycles. The maximum Gasteiger partial charge on any atom is 0.203 e. The number of hydrogen-bond donors (Lipinski definition) is 0. The van der Waals surface area contributed by atoms with Gasteiger partial charge in [-0.1, -0.05) is 18.2 Å². The molecule has 2 aromatic rings. The summed E-state index contributed by atoms with van der Waals surface area (Å²) in [7, 11) is 5.63. The van der Waals surface area contributed by atoms with E-state index in [2.05, 4.69) is 0 Å². The molecule has 5 heteroatoms. The van der Waals surface area contributed by atoms with E-state index in [0.717, 1.165) is 44.5 Å². The number of hydrogen-bond acceptors (Lipinski definition) is 2. The van der Waals surface area contributed by atoms with Crippen LogP contribution in [0.3, 0.4) is 0 Å². The van der Waals surface area contributed by atoms with Crippen LogP contribution >= 0.6 is 0 Å². The van der Waals surface area contributed by atoms with E-state index in [1.54, 1.807) is 19.2 Å². The molecule has 0 radical (unpaired) electrons. The maximum absolute atomic E-state index is 13.5. The highest BCUT2D eigenvalue weighted by Gasteiger charge is 2.20. The number of halogens is 2. The van der Waals surface area contributed by atoms with Gasteiger partial charge in [0.1, 0.15) is 37.0 Å². The molecule has 0 atom stereocenters. The monoisotopic (exact) mass is 383 g/mol. The zero-order chi connectivity index (χ0) is 18.3. The van der Waals surface area contributed by atoms with E-state index in [1.807, 2.05) is 55.1 Å². The highest BCUT2D eigenvalue weighted by atomic mass is 35.5. The predicted octanol–water partition coefficient (Wildman–Crippen LogP) is 1.39. The highest BCUT2D eigenvalue weighted by molar-refractivity contribution is 6.04. The van der Waals surface area contributed by atoms with Gasteiger partial charge in [-0.05, 0) is 35.9 Å². The molecule has 0 saturated carbocycles. The van der Waals surface area contributed by atoms with Gasteiger partial charge < -0.3 is 21.6 Å².